The maximum Gasteiger partial charge on any atom is 0.289 e. The van der Waals surface area contributed by atoms with Crippen LogP contribution in [0.4, 0.5) is 4.39 Å². The van der Waals surface area contributed by atoms with E-state index in [2.05, 4.69) is 6.92 Å². The number of piperazine rings is 1. The minimum atomic E-state index is -1.40. The highest BCUT2D eigenvalue weighted by molar-refractivity contribution is 5.97. The molecule has 1 saturated carbocycles. The number of furan rings is 1. The zero-order chi connectivity index (χ0) is 26.7. The summed E-state index contributed by atoms with van der Waals surface area (Å²) in [5.74, 6) is -0.631. The van der Waals surface area contributed by atoms with E-state index in [1.807, 2.05) is 13.0 Å². The number of benzene rings is 1. The predicted octanol–water partition coefficient (Wildman–Crippen LogP) is 3.90. The third-order valence-electron chi connectivity index (χ3n) is 8.37. The molecule has 38 heavy (non-hydrogen) atoms. The van der Waals surface area contributed by atoms with Gasteiger partial charge in [0.15, 0.2) is 11.3 Å². The second-order valence-electron chi connectivity index (χ2n) is 11.2. The molecule has 0 bridgehead atoms. The van der Waals surface area contributed by atoms with Crippen LogP contribution in [0.2, 0.25) is 0 Å². The summed E-state index contributed by atoms with van der Waals surface area (Å²) < 4.78 is 25.0. The van der Waals surface area contributed by atoms with Gasteiger partial charge in [0.25, 0.3) is 11.8 Å². The monoisotopic (exact) mass is 521 g/mol. The molecule has 8 nitrogen and oxygen atoms in total. The van der Waals surface area contributed by atoms with Crippen LogP contribution < -0.4 is 0 Å². The number of hydrogen-bond acceptors (Lipinski definition) is 6. The van der Waals surface area contributed by atoms with Gasteiger partial charge in [0, 0.05) is 68.9 Å². The Morgan fingerprint density at radius 3 is 2.45 bits per heavy atom. The van der Waals surface area contributed by atoms with Crippen LogP contribution in [0, 0.1) is 5.82 Å². The number of halogens is 1. The largest absolute Gasteiger partial charge is 0.449 e. The molecule has 0 radical (unpaired) electrons. The standard InChI is InChI=1S/C29H32FN3O5/c1-18-17-32(11-12-33(18)27(35)29(36)9-13-37-14-10-29)26(34)24-16-23-25(38-24)21(28(2)7-8-28)15-22(31-23)19-3-5-20(30)6-4-19/h3-6,15-16,18,36H,7-14,17H2,1-2H3/t18-/m0/s1. The summed E-state index contributed by atoms with van der Waals surface area (Å²) in [5.41, 5.74) is 2.29. The smallest absolute Gasteiger partial charge is 0.289 e. The van der Waals surface area contributed by atoms with Gasteiger partial charge in [-0.25, -0.2) is 9.37 Å². The van der Waals surface area contributed by atoms with Gasteiger partial charge in [-0.2, -0.15) is 0 Å². The van der Waals surface area contributed by atoms with Crippen molar-refractivity contribution < 1.29 is 28.2 Å². The molecule has 2 aromatic heterocycles. The Labute approximate surface area is 220 Å². The van der Waals surface area contributed by atoms with Gasteiger partial charge in [-0.15, -0.1) is 0 Å². The molecular weight excluding hydrogens is 489 g/mol. The van der Waals surface area contributed by atoms with Crippen LogP contribution in [0.25, 0.3) is 22.4 Å². The first-order valence-corrected chi connectivity index (χ1v) is 13.3. The molecule has 1 aromatic carbocycles. The average molecular weight is 522 g/mol. The van der Waals surface area contributed by atoms with Crippen LogP contribution >= 0.6 is 0 Å². The lowest BCUT2D eigenvalue weighted by Crippen LogP contribution is -2.61. The second-order valence-corrected chi connectivity index (χ2v) is 11.2. The van der Waals surface area contributed by atoms with Crippen molar-refractivity contribution in [2.45, 2.75) is 56.6 Å². The Balaban J connectivity index is 1.25. The fraction of sp³-hybridized carbons (Fsp3) is 0.483. The van der Waals surface area contributed by atoms with Crippen molar-refractivity contribution in [3.05, 3.63) is 53.5 Å². The van der Waals surface area contributed by atoms with E-state index >= 15 is 0 Å². The number of fused-ring (bicyclic) bond motifs is 1. The van der Waals surface area contributed by atoms with Crippen molar-refractivity contribution >= 4 is 22.9 Å². The molecule has 4 heterocycles. The number of rotatable bonds is 4. The van der Waals surface area contributed by atoms with Crippen LogP contribution in [0.15, 0.2) is 40.8 Å². The first-order chi connectivity index (χ1) is 18.2. The number of pyridine rings is 1. The quantitative estimate of drug-likeness (QED) is 0.560. The van der Waals surface area contributed by atoms with E-state index in [0.29, 0.717) is 49.6 Å². The van der Waals surface area contributed by atoms with E-state index in [1.54, 1.807) is 28.0 Å². The van der Waals surface area contributed by atoms with Crippen LogP contribution in [0.3, 0.4) is 0 Å². The van der Waals surface area contributed by atoms with E-state index in [-0.39, 0.29) is 47.7 Å². The molecule has 3 fully saturated rings. The number of ether oxygens (including phenoxy) is 1. The SMILES string of the molecule is C[C@H]1CN(C(=O)c2cc3nc(-c4ccc(F)cc4)cc(C4(C)CC4)c3o2)CCN1C(=O)C1(O)CCOCC1. The molecule has 1 N–H and O–H groups in total. The fourth-order valence-corrected chi connectivity index (χ4v) is 5.59. The zero-order valence-electron chi connectivity index (χ0n) is 21.7. The number of aliphatic hydroxyl groups is 1. The Morgan fingerprint density at radius 2 is 1.79 bits per heavy atom. The van der Waals surface area contributed by atoms with E-state index in [9.17, 15) is 19.1 Å². The molecule has 2 aliphatic heterocycles. The summed E-state index contributed by atoms with van der Waals surface area (Å²) in [6.07, 6.45) is 2.60. The summed E-state index contributed by atoms with van der Waals surface area (Å²) in [6.45, 7) is 5.81. The number of nitrogens with zero attached hydrogens (tertiary/aromatic N) is 3. The lowest BCUT2D eigenvalue weighted by molar-refractivity contribution is -0.164. The summed E-state index contributed by atoms with van der Waals surface area (Å²) >= 11 is 0. The average Bonchev–Trinajstić information content (AvgIpc) is 3.51. The van der Waals surface area contributed by atoms with Crippen molar-refractivity contribution in [2.24, 2.45) is 0 Å². The number of carbonyl (C=O) groups is 2. The molecule has 200 valence electrons. The molecule has 2 saturated heterocycles. The Morgan fingerprint density at radius 1 is 1.08 bits per heavy atom. The highest BCUT2D eigenvalue weighted by atomic mass is 19.1. The van der Waals surface area contributed by atoms with E-state index in [0.717, 1.165) is 24.0 Å². The molecular formula is C29H32FN3O5. The van der Waals surface area contributed by atoms with Crippen LogP contribution in [0.1, 0.15) is 55.6 Å². The van der Waals surface area contributed by atoms with Crippen LogP contribution in [-0.4, -0.2) is 76.2 Å². The third-order valence-corrected chi connectivity index (χ3v) is 8.37. The van der Waals surface area contributed by atoms with Crippen LogP contribution in [-0.2, 0) is 14.9 Å². The maximum absolute atomic E-state index is 13.5. The van der Waals surface area contributed by atoms with Crippen molar-refractivity contribution in [2.75, 3.05) is 32.8 Å². The van der Waals surface area contributed by atoms with Gasteiger partial charge < -0.3 is 24.1 Å². The number of amides is 2. The van der Waals surface area contributed by atoms with Gasteiger partial charge >= 0.3 is 0 Å². The van der Waals surface area contributed by atoms with Gasteiger partial charge in [0.05, 0.1) is 5.69 Å². The summed E-state index contributed by atoms with van der Waals surface area (Å²) in [6, 6.07) is 9.66. The normalized spacial score (nSPS) is 22.5. The topological polar surface area (TPSA) is 96.1 Å². The summed E-state index contributed by atoms with van der Waals surface area (Å²) in [7, 11) is 0. The van der Waals surface area contributed by atoms with Gasteiger partial charge in [-0.3, -0.25) is 9.59 Å². The third kappa shape index (κ3) is 4.37. The number of aromatic nitrogens is 1. The van der Waals surface area contributed by atoms with Crippen molar-refractivity contribution in [1.82, 2.24) is 14.8 Å². The van der Waals surface area contributed by atoms with Crippen molar-refractivity contribution in [3.63, 3.8) is 0 Å². The Hall–Kier alpha value is -3.30. The molecule has 0 unspecified atom stereocenters. The molecule has 1 atom stereocenters. The fourth-order valence-electron chi connectivity index (χ4n) is 5.59. The lowest BCUT2D eigenvalue weighted by Gasteiger charge is -2.43. The molecule has 2 amide bonds. The predicted molar refractivity (Wildman–Crippen MR) is 138 cm³/mol. The second kappa shape index (κ2) is 9.17. The Kier molecular flexibility index (Phi) is 6.03. The van der Waals surface area contributed by atoms with Crippen molar-refractivity contribution in [3.8, 4) is 11.3 Å². The van der Waals surface area contributed by atoms with E-state index in [4.69, 9.17) is 14.1 Å². The lowest BCUT2D eigenvalue weighted by atomic mass is 9.91. The van der Waals surface area contributed by atoms with Crippen LogP contribution in [0.5, 0.6) is 0 Å². The van der Waals surface area contributed by atoms with Gasteiger partial charge in [0.1, 0.15) is 16.9 Å². The zero-order valence-corrected chi connectivity index (χ0v) is 21.7. The number of carbonyl (C=O) groups excluding carboxylic acids is 2. The molecule has 3 aliphatic rings. The van der Waals surface area contributed by atoms with Gasteiger partial charge in [-0.05, 0) is 55.5 Å². The summed E-state index contributed by atoms with van der Waals surface area (Å²) in [5, 5.41) is 10.9. The van der Waals surface area contributed by atoms with E-state index in [1.165, 1.54) is 12.1 Å². The first-order valence-electron chi connectivity index (χ1n) is 13.3. The van der Waals surface area contributed by atoms with E-state index < -0.39 is 5.60 Å². The molecule has 0 spiro atoms. The van der Waals surface area contributed by atoms with Crippen molar-refractivity contribution in [1.29, 1.82) is 0 Å². The molecule has 1 aliphatic carbocycles. The highest BCUT2D eigenvalue weighted by Crippen LogP contribution is 2.50. The minimum Gasteiger partial charge on any atom is -0.449 e. The molecule has 6 rings (SSSR count). The van der Waals surface area contributed by atoms with Gasteiger partial charge in [0.2, 0.25) is 0 Å². The number of hydrogen-bond donors (Lipinski definition) is 1. The maximum atomic E-state index is 13.5. The summed E-state index contributed by atoms with van der Waals surface area (Å²) in [4.78, 5) is 34.8. The molecule has 3 aromatic rings. The first kappa shape index (κ1) is 25.0. The minimum absolute atomic E-state index is 0.0426. The molecule has 9 heteroatoms. The Bertz CT molecular complexity index is 1390. The highest BCUT2D eigenvalue weighted by Gasteiger charge is 2.44. The van der Waals surface area contributed by atoms with Gasteiger partial charge in [-0.1, -0.05) is 6.92 Å².